The van der Waals surface area contributed by atoms with E-state index in [9.17, 15) is 19.7 Å². The van der Waals surface area contributed by atoms with E-state index in [4.69, 9.17) is 0 Å². The topological polar surface area (TPSA) is 92.6 Å². The third-order valence-electron chi connectivity index (χ3n) is 3.72. The normalized spacial score (nSPS) is 17.0. The Hall–Kier alpha value is -3.22. The molecular weight excluding hydrogens is 298 g/mol. The fourth-order valence-electron chi connectivity index (χ4n) is 2.73. The molecule has 23 heavy (non-hydrogen) atoms. The highest BCUT2D eigenvalue weighted by atomic mass is 16.6. The van der Waals surface area contributed by atoms with Crippen LogP contribution in [0.2, 0.25) is 0 Å². The van der Waals surface area contributed by atoms with Gasteiger partial charge in [-0.25, -0.2) is 0 Å². The Balaban J connectivity index is 2.22. The number of anilines is 1. The van der Waals surface area contributed by atoms with Crippen LogP contribution in [0.25, 0.3) is 0 Å². The molecular formula is C16H13N3O4. The van der Waals surface area contributed by atoms with Gasteiger partial charge >= 0.3 is 0 Å². The second-order valence-corrected chi connectivity index (χ2v) is 5.17. The average molecular weight is 311 g/mol. The van der Waals surface area contributed by atoms with Gasteiger partial charge in [-0.15, -0.1) is 0 Å². The summed E-state index contributed by atoms with van der Waals surface area (Å²) < 4.78 is 0. The standard InChI is InChI=1S/C16H13N3O4/c20-10-18-9-15(21)17-14-7-6-12(19(22)23)8-13(14)16(18)11-4-2-1-3-5-11/h1-8,10,16H,9H2,(H,17,21). The Labute approximate surface area is 131 Å². The monoisotopic (exact) mass is 311 g/mol. The van der Waals surface area contributed by atoms with Crippen molar-refractivity contribution in [1.29, 1.82) is 0 Å². The van der Waals surface area contributed by atoms with Gasteiger partial charge in [-0.1, -0.05) is 30.3 Å². The number of fused-ring (bicyclic) bond motifs is 1. The van der Waals surface area contributed by atoms with Gasteiger partial charge in [-0.05, 0) is 11.6 Å². The zero-order valence-corrected chi connectivity index (χ0v) is 12.0. The van der Waals surface area contributed by atoms with Crippen molar-refractivity contribution < 1.29 is 14.5 Å². The highest BCUT2D eigenvalue weighted by Gasteiger charge is 2.30. The van der Waals surface area contributed by atoms with Gasteiger partial charge < -0.3 is 10.2 Å². The van der Waals surface area contributed by atoms with Gasteiger partial charge in [0.15, 0.2) is 0 Å². The maximum absolute atomic E-state index is 12.0. The van der Waals surface area contributed by atoms with Crippen molar-refractivity contribution in [2.45, 2.75) is 6.04 Å². The smallest absolute Gasteiger partial charge is 0.269 e. The van der Waals surface area contributed by atoms with Gasteiger partial charge in [0, 0.05) is 23.4 Å². The summed E-state index contributed by atoms with van der Waals surface area (Å²) in [5, 5.41) is 13.8. The molecule has 1 unspecified atom stereocenters. The maximum Gasteiger partial charge on any atom is 0.269 e. The summed E-state index contributed by atoms with van der Waals surface area (Å²) in [6.45, 7) is -0.120. The molecule has 2 amide bonds. The van der Waals surface area contributed by atoms with Crippen molar-refractivity contribution in [3.8, 4) is 0 Å². The van der Waals surface area contributed by atoms with Crippen molar-refractivity contribution in [1.82, 2.24) is 4.90 Å². The number of hydrogen-bond donors (Lipinski definition) is 1. The molecule has 0 bridgehead atoms. The molecule has 7 nitrogen and oxygen atoms in total. The van der Waals surface area contributed by atoms with Crippen LogP contribution in [0.4, 0.5) is 11.4 Å². The molecule has 7 heteroatoms. The van der Waals surface area contributed by atoms with E-state index >= 15 is 0 Å². The number of carbonyl (C=O) groups is 2. The summed E-state index contributed by atoms with van der Waals surface area (Å²) in [5.41, 5.74) is 1.67. The number of nitro groups is 1. The van der Waals surface area contributed by atoms with Crippen LogP contribution < -0.4 is 5.32 Å². The Morgan fingerprint density at radius 1 is 1.22 bits per heavy atom. The number of non-ortho nitro benzene ring substituents is 1. The number of nitrogens with zero attached hydrogens (tertiary/aromatic N) is 2. The Morgan fingerprint density at radius 2 is 1.96 bits per heavy atom. The quantitative estimate of drug-likeness (QED) is 0.533. The number of benzene rings is 2. The van der Waals surface area contributed by atoms with E-state index in [1.165, 1.54) is 23.1 Å². The van der Waals surface area contributed by atoms with Gasteiger partial charge in [0.25, 0.3) is 5.69 Å². The van der Waals surface area contributed by atoms with E-state index in [1.54, 1.807) is 0 Å². The summed E-state index contributed by atoms with van der Waals surface area (Å²) in [6, 6.07) is 12.8. The van der Waals surface area contributed by atoms with Gasteiger partial charge in [0.2, 0.25) is 12.3 Å². The van der Waals surface area contributed by atoms with Crippen LogP contribution in [0.15, 0.2) is 48.5 Å². The molecule has 1 atom stereocenters. The predicted molar refractivity (Wildman–Crippen MR) is 82.8 cm³/mol. The third kappa shape index (κ3) is 2.76. The Bertz CT molecular complexity index is 776. The highest BCUT2D eigenvalue weighted by molar-refractivity contribution is 5.95. The minimum atomic E-state index is -0.567. The maximum atomic E-state index is 12.0. The van der Waals surface area contributed by atoms with Crippen LogP contribution >= 0.6 is 0 Å². The Morgan fingerprint density at radius 3 is 2.61 bits per heavy atom. The zero-order valence-electron chi connectivity index (χ0n) is 12.0. The molecule has 0 saturated heterocycles. The summed E-state index contributed by atoms with van der Waals surface area (Å²) in [5.74, 6) is -0.342. The van der Waals surface area contributed by atoms with Crippen LogP contribution in [0.1, 0.15) is 17.2 Å². The lowest BCUT2D eigenvalue weighted by Crippen LogP contribution is -2.32. The second-order valence-electron chi connectivity index (χ2n) is 5.17. The first-order chi connectivity index (χ1) is 11.1. The molecule has 0 saturated carbocycles. The zero-order chi connectivity index (χ0) is 16.4. The number of rotatable bonds is 3. The molecule has 116 valence electrons. The van der Waals surface area contributed by atoms with Crippen LogP contribution in [0.3, 0.4) is 0 Å². The molecule has 0 radical (unpaired) electrons. The largest absolute Gasteiger partial charge is 0.325 e. The molecule has 1 aliphatic rings. The van der Waals surface area contributed by atoms with E-state index in [0.29, 0.717) is 17.7 Å². The van der Waals surface area contributed by atoms with Crippen molar-refractivity contribution in [2.24, 2.45) is 0 Å². The number of nitro benzene ring substituents is 1. The lowest BCUT2D eigenvalue weighted by Gasteiger charge is -2.26. The average Bonchev–Trinajstić information content (AvgIpc) is 2.70. The fourth-order valence-corrected chi connectivity index (χ4v) is 2.73. The highest BCUT2D eigenvalue weighted by Crippen LogP contribution is 2.36. The molecule has 0 aliphatic carbocycles. The minimum Gasteiger partial charge on any atom is -0.325 e. The third-order valence-corrected chi connectivity index (χ3v) is 3.72. The van der Waals surface area contributed by atoms with Crippen molar-refractivity contribution in [3.63, 3.8) is 0 Å². The van der Waals surface area contributed by atoms with Gasteiger partial charge in [0.05, 0.1) is 11.0 Å². The number of amides is 2. The van der Waals surface area contributed by atoms with Crippen LogP contribution in [-0.2, 0) is 9.59 Å². The molecule has 0 aromatic heterocycles. The van der Waals surface area contributed by atoms with E-state index in [2.05, 4.69) is 5.32 Å². The summed E-state index contributed by atoms with van der Waals surface area (Å²) in [6.07, 6.45) is 0.588. The Kier molecular flexibility index (Phi) is 3.76. The summed E-state index contributed by atoms with van der Waals surface area (Å²) in [4.78, 5) is 35.3. The molecule has 2 aromatic rings. The first-order valence-electron chi connectivity index (χ1n) is 6.94. The van der Waals surface area contributed by atoms with Gasteiger partial charge in [-0.2, -0.15) is 0 Å². The molecule has 0 spiro atoms. The van der Waals surface area contributed by atoms with Gasteiger partial charge in [-0.3, -0.25) is 19.7 Å². The summed E-state index contributed by atoms with van der Waals surface area (Å²) >= 11 is 0. The lowest BCUT2D eigenvalue weighted by atomic mass is 9.96. The van der Waals surface area contributed by atoms with Gasteiger partial charge in [0.1, 0.15) is 6.54 Å². The second kappa shape index (κ2) is 5.88. The fraction of sp³-hybridized carbons (Fsp3) is 0.125. The molecule has 1 heterocycles. The lowest BCUT2D eigenvalue weighted by molar-refractivity contribution is -0.384. The van der Waals surface area contributed by atoms with E-state index in [0.717, 1.165) is 5.56 Å². The van der Waals surface area contributed by atoms with Crippen LogP contribution in [0, 0.1) is 10.1 Å². The molecule has 0 fully saturated rings. The van der Waals surface area contributed by atoms with E-state index in [1.807, 2.05) is 30.3 Å². The van der Waals surface area contributed by atoms with E-state index in [-0.39, 0.29) is 18.1 Å². The number of carbonyl (C=O) groups excluding carboxylic acids is 2. The van der Waals surface area contributed by atoms with Crippen molar-refractivity contribution in [3.05, 3.63) is 69.8 Å². The minimum absolute atomic E-state index is 0.0910. The first kappa shape index (κ1) is 14.7. The SMILES string of the molecule is O=CN1CC(=O)Nc2ccc([N+](=O)[O-])cc2C1c1ccccc1. The predicted octanol–water partition coefficient (Wildman–Crippen LogP) is 2.09. The van der Waals surface area contributed by atoms with Crippen LogP contribution in [0.5, 0.6) is 0 Å². The van der Waals surface area contributed by atoms with Crippen molar-refractivity contribution >= 4 is 23.7 Å². The molecule has 1 aliphatic heterocycles. The number of hydrogen-bond acceptors (Lipinski definition) is 4. The summed E-state index contributed by atoms with van der Waals surface area (Å²) in [7, 11) is 0. The van der Waals surface area contributed by atoms with E-state index < -0.39 is 11.0 Å². The van der Waals surface area contributed by atoms with Crippen molar-refractivity contribution in [2.75, 3.05) is 11.9 Å². The first-order valence-corrected chi connectivity index (χ1v) is 6.94. The molecule has 3 rings (SSSR count). The van der Waals surface area contributed by atoms with Crippen LogP contribution in [-0.4, -0.2) is 28.7 Å². The number of nitrogens with one attached hydrogen (secondary N) is 1. The molecule has 1 N–H and O–H groups in total. The molecule has 2 aromatic carbocycles.